The zero-order valence-corrected chi connectivity index (χ0v) is 11.8. The molecule has 1 aromatic carbocycles. The van der Waals surface area contributed by atoms with Gasteiger partial charge < -0.3 is 9.30 Å². The quantitative estimate of drug-likeness (QED) is 0.771. The van der Waals surface area contributed by atoms with E-state index in [4.69, 9.17) is 4.74 Å². The monoisotopic (exact) mass is 266 g/mol. The van der Waals surface area contributed by atoms with E-state index in [0.717, 1.165) is 11.3 Å². The Hall–Kier alpha value is -2.31. The first kappa shape index (κ1) is 14.1. The predicted octanol–water partition coefficient (Wildman–Crippen LogP) is 3.85. The molecule has 0 saturated heterocycles. The Morgan fingerprint density at radius 3 is 2.70 bits per heavy atom. The molecular formula is C17H18N2O. The normalized spacial score (nSPS) is 11.3. The molecular weight excluding hydrogens is 248 g/mol. The van der Waals surface area contributed by atoms with Crippen LogP contribution in [0.2, 0.25) is 0 Å². The number of hydrogen-bond donors (Lipinski definition) is 0. The van der Waals surface area contributed by atoms with Gasteiger partial charge in [-0.25, -0.2) is 0 Å². The molecule has 2 aromatic rings. The van der Waals surface area contributed by atoms with Crippen LogP contribution in [0.25, 0.3) is 11.6 Å². The van der Waals surface area contributed by atoms with Gasteiger partial charge in [0.15, 0.2) is 0 Å². The zero-order valence-electron chi connectivity index (χ0n) is 11.8. The molecule has 20 heavy (non-hydrogen) atoms. The fraction of sp³-hybridized carbons (Fsp3) is 0.235. The minimum absolute atomic E-state index is 0.502. The summed E-state index contributed by atoms with van der Waals surface area (Å²) in [6.07, 6.45) is 3.84. The average Bonchev–Trinajstić information content (AvgIpc) is 2.91. The third-order valence-corrected chi connectivity index (χ3v) is 3.07. The summed E-state index contributed by atoms with van der Waals surface area (Å²) in [6, 6.07) is 14.2. The van der Waals surface area contributed by atoms with E-state index in [1.54, 1.807) is 0 Å². The SMILES string of the molecule is CCOCn1cccc1/C=C(\C#N)c1ccc(C)cc1. The summed E-state index contributed by atoms with van der Waals surface area (Å²) in [4.78, 5) is 0. The van der Waals surface area contributed by atoms with Gasteiger partial charge in [0, 0.05) is 18.5 Å². The number of nitriles is 1. The maximum absolute atomic E-state index is 9.36. The fourth-order valence-corrected chi connectivity index (χ4v) is 1.93. The molecule has 0 aliphatic heterocycles. The molecule has 102 valence electrons. The topological polar surface area (TPSA) is 38.0 Å². The van der Waals surface area contributed by atoms with Crippen molar-refractivity contribution >= 4 is 11.6 Å². The van der Waals surface area contributed by atoms with Crippen molar-refractivity contribution in [2.24, 2.45) is 0 Å². The molecule has 0 atom stereocenters. The Labute approximate surface area is 119 Å². The van der Waals surface area contributed by atoms with Crippen molar-refractivity contribution in [3.63, 3.8) is 0 Å². The van der Waals surface area contributed by atoms with Crippen molar-refractivity contribution in [2.75, 3.05) is 6.61 Å². The van der Waals surface area contributed by atoms with Gasteiger partial charge in [0.1, 0.15) is 6.73 Å². The Morgan fingerprint density at radius 2 is 2.05 bits per heavy atom. The van der Waals surface area contributed by atoms with Gasteiger partial charge in [0.25, 0.3) is 0 Å². The van der Waals surface area contributed by atoms with E-state index < -0.39 is 0 Å². The van der Waals surface area contributed by atoms with Gasteiger partial charge in [0.05, 0.1) is 11.6 Å². The molecule has 0 aliphatic carbocycles. The molecule has 1 heterocycles. The van der Waals surface area contributed by atoms with Crippen molar-refractivity contribution < 1.29 is 4.74 Å². The first-order chi connectivity index (χ1) is 9.74. The molecule has 0 saturated carbocycles. The molecule has 0 fully saturated rings. The van der Waals surface area contributed by atoms with Gasteiger partial charge in [0.2, 0.25) is 0 Å². The molecule has 0 unspecified atom stereocenters. The lowest BCUT2D eigenvalue weighted by molar-refractivity contribution is 0.0877. The van der Waals surface area contributed by atoms with Gasteiger partial charge in [-0.1, -0.05) is 29.8 Å². The number of benzene rings is 1. The van der Waals surface area contributed by atoms with Crippen LogP contribution in [0.15, 0.2) is 42.6 Å². The van der Waals surface area contributed by atoms with Crippen molar-refractivity contribution in [3.05, 3.63) is 59.4 Å². The van der Waals surface area contributed by atoms with Gasteiger partial charge in [-0.15, -0.1) is 0 Å². The second kappa shape index (κ2) is 6.74. The third-order valence-electron chi connectivity index (χ3n) is 3.07. The Kier molecular flexibility index (Phi) is 4.75. The van der Waals surface area contributed by atoms with Crippen molar-refractivity contribution in [2.45, 2.75) is 20.6 Å². The first-order valence-electron chi connectivity index (χ1n) is 6.66. The number of hydrogen-bond acceptors (Lipinski definition) is 2. The molecule has 0 bridgehead atoms. The van der Waals surface area contributed by atoms with Crippen LogP contribution in [0.4, 0.5) is 0 Å². The van der Waals surface area contributed by atoms with E-state index in [1.807, 2.05) is 67.1 Å². The molecule has 0 N–H and O–H groups in total. The average molecular weight is 266 g/mol. The van der Waals surface area contributed by atoms with E-state index in [0.29, 0.717) is 18.9 Å². The van der Waals surface area contributed by atoms with E-state index in [2.05, 4.69) is 6.07 Å². The van der Waals surface area contributed by atoms with Gasteiger partial charge in [-0.3, -0.25) is 0 Å². The summed E-state index contributed by atoms with van der Waals surface area (Å²) < 4.78 is 7.39. The van der Waals surface area contributed by atoms with E-state index in [-0.39, 0.29) is 0 Å². The van der Waals surface area contributed by atoms with Crippen molar-refractivity contribution in [1.82, 2.24) is 4.57 Å². The van der Waals surface area contributed by atoms with E-state index in [9.17, 15) is 5.26 Å². The van der Waals surface area contributed by atoms with Crippen LogP contribution in [0.1, 0.15) is 23.7 Å². The van der Waals surface area contributed by atoms with Gasteiger partial charge >= 0.3 is 0 Å². The number of aryl methyl sites for hydroxylation is 1. The highest BCUT2D eigenvalue weighted by atomic mass is 16.5. The lowest BCUT2D eigenvalue weighted by Gasteiger charge is -2.07. The van der Waals surface area contributed by atoms with Gasteiger partial charge in [-0.05, 0) is 37.6 Å². The Bertz CT molecular complexity index is 630. The van der Waals surface area contributed by atoms with Crippen molar-refractivity contribution in [3.8, 4) is 6.07 Å². The summed E-state index contributed by atoms with van der Waals surface area (Å²) in [7, 11) is 0. The standard InChI is InChI=1S/C17H18N2O/c1-3-20-13-19-10-4-5-17(19)11-16(12-18)15-8-6-14(2)7-9-15/h4-11H,3,13H2,1-2H3/b16-11+. The van der Waals surface area contributed by atoms with Crippen LogP contribution in [0.3, 0.4) is 0 Å². The molecule has 2 rings (SSSR count). The summed E-state index contributed by atoms with van der Waals surface area (Å²) >= 11 is 0. The number of nitrogens with zero attached hydrogens (tertiary/aromatic N) is 2. The molecule has 3 nitrogen and oxygen atoms in total. The number of aromatic nitrogens is 1. The van der Waals surface area contributed by atoms with E-state index >= 15 is 0 Å². The molecule has 0 spiro atoms. The number of allylic oxidation sites excluding steroid dienone is 1. The molecule has 0 amide bonds. The number of ether oxygens (including phenoxy) is 1. The Morgan fingerprint density at radius 1 is 1.30 bits per heavy atom. The smallest absolute Gasteiger partial charge is 0.122 e. The van der Waals surface area contributed by atoms with Crippen LogP contribution in [-0.2, 0) is 11.5 Å². The molecule has 1 aromatic heterocycles. The minimum Gasteiger partial charge on any atom is -0.361 e. The largest absolute Gasteiger partial charge is 0.361 e. The molecule has 0 radical (unpaired) electrons. The lowest BCUT2D eigenvalue weighted by atomic mass is 10.0. The summed E-state index contributed by atoms with van der Waals surface area (Å²) in [6.45, 7) is 5.17. The van der Waals surface area contributed by atoms with Crippen LogP contribution < -0.4 is 0 Å². The van der Waals surface area contributed by atoms with Crippen LogP contribution >= 0.6 is 0 Å². The fourth-order valence-electron chi connectivity index (χ4n) is 1.93. The molecule has 3 heteroatoms. The highest BCUT2D eigenvalue weighted by Gasteiger charge is 2.03. The molecule has 0 aliphatic rings. The van der Waals surface area contributed by atoms with Crippen LogP contribution in [0, 0.1) is 18.3 Å². The number of rotatable bonds is 5. The second-order valence-electron chi connectivity index (χ2n) is 4.56. The zero-order chi connectivity index (χ0) is 14.4. The van der Waals surface area contributed by atoms with Crippen LogP contribution in [0.5, 0.6) is 0 Å². The highest BCUT2D eigenvalue weighted by Crippen LogP contribution is 2.18. The second-order valence-corrected chi connectivity index (χ2v) is 4.56. The summed E-state index contributed by atoms with van der Waals surface area (Å²) in [5.74, 6) is 0. The van der Waals surface area contributed by atoms with E-state index in [1.165, 1.54) is 5.56 Å². The third kappa shape index (κ3) is 3.37. The minimum atomic E-state index is 0.502. The lowest BCUT2D eigenvalue weighted by Crippen LogP contribution is -2.02. The Balaban J connectivity index is 2.30. The maximum Gasteiger partial charge on any atom is 0.122 e. The highest BCUT2D eigenvalue weighted by molar-refractivity contribution is 5.89. The van der Waals surface area contributed by atoms with Crippen LogP contribution in [-0.4, -0.2) is 11.2 Å². The maximum atomic E-state index is 9.36. The first-order valence-corrected chi connectivity index (χ1v) is 6.66. The predicted molar refractivity (Wildman–Crippen MR) is 80.7 cm³/mol. The summed E-state index contributed by atoms with van der Waals surface area (Å²) in [5.41, 5.74) is 3.74. The van der Waals surface area contributed by atoms with Gasteiger partial charge in [-0.2, -0.15) is 5.26 Å². The van der Waals surface area contributed by atoms with Crippen molar-refractivity contribution in [1.29, 1.82) is 5.26 Å². The summed E-state index contributed by atoms with van der Waals surface area (Å²) in [5, 5.41) is 9.36.